The van der Waals surface area contributed by atoms with E-state index in [0.29, 0.717) is 24.1 Å². The summed E-state index contributed by atoms with van der Waals surface area (Å²) in [5, 5.41) is 16.1. The van der Waals surface area contributed by atoms with E-state index in [0.717, 1.165) is 6.42 Å². The molecular weight excluding hydrogens is 292 g/mol. The van der Waals surface area contributed by atoms with Crippen molar-refractivity contribution in [3.8, 4) is 12.3 Å². The van der Waals surface area contributed by atoms with Crippen molar-refractivity contribution in [2.24, 2.45) is 5.14 Å². The summed E-state index contributed by atoms with van der Waals surface area (Å²) in [4.78, 5) is 11.0. The van der Waals surface area contributed by atoms with Gasteiger partial charge in [0.25, 0.3) is 0 Å². The van der Waals surface area contributed by atoms with Crippen molar-refractivity contribution < 1.29 is 22.9 Å². The van der Waals surface area contributed by atoms with Crippen LogP contribution in [0.25, 0.3) is 0 Å². The molecule has 0 aliphatic carbocycles. The standard InChI is InChI=1S/C14H14N2O4S/c1-2-10-8-12(21(15,19)20)6-5-11(10)9-16-7-3-4-13(16)14(17)18/h1,5-6,8-9,13H,3-4,7H2,(H2-,15,17,18,19,20)/t13-/m0/s1. The van der Waals surface area contributed by atoms with Crippen molar-refractivity contribution in [1.82, 2.24) is 0 Å². The van der Waals surface area contributed by atoms with Crippen LogP contribution in [-0.2, 0) is 14.8 Å². The van der Waals surface area contributed by atoms with Gasteiger partial charge in [0, 0.05) is 18.4 Å². The number of rotatable bonds is 3. The van der Waals surface area contributed by atoms with Gasteiger partial charge in [-0.2, -0.15) is 0 Å². The summed E-state index contributed by atoms with van der Waals surface area (Å²) in [5.74, 6) is 1.25. The zero-order chi connectivity index (χ0) is 15.6. The number of carboxylic acids is 1. The van der Waals surface area contributed by atoms with Crippen LogP contribution < -0.4 is 10.2 Å². The molecule has 0 spiro atoms. The number of terminal acetylenes is 1. The van der Waals surface area contributed by atoms with Crippen LogP contribution >= 0.6 is 0 Å². The predicted octanol–water partition coefficient (Wildman–Crippen LogP) is -1.34. The number of hydrogen-bond acceptors (Lipinski definition) is 4. The Morgan fingerprint density at radius 1 is 1.52 bits per heavy atom. The third-order valence-electron chi connectivity index (χ3n) is 3.38. The smallest absolute Gasteiger partial charge is 0.238 e. The van der Waals surface area contributed by atoms with E-state index in [1.165, 1.54) is 18.2 Å². The number of sulfonamides is 1. The van der Waals surface area contributed by atoms with Gasteiger partial charge in [0.15, 0.2) is 12.3 Å². The van der Waals surface area contributed by atoms with Crippen molar-refractivity contribution in [1.29, 1.82) is 0 Å². The second kappa shape index (κ2) is 5.68. The van der Waals surface area contributed by atoms with Gasteiger partial charge in [-0.25, -0.2) is 18.1 Å². The summed E-state index contributed by atoms with van der Waals surface area (Å²) < 4.78 is 24.2. The summed E-state index contributed by atoms with van der Waals surface area (Å²) in [6.07, 6.45) is 8.26. The lowest BCUT2D eigenvalue weighted by Crippen LogP contribution is -2.40. The van der Waals surface area contributed by atoms with Crippen LogP contribution in [0.4, 0.5) is 0 Å². The fourth-order valence-corrected chi connectivity index (χ4v) is 2.87. The molecule has 1 heterocycles. The van der Waals surface area contributed by atoms with Crippen molar-refractivity contribution in [2.75, 3.05) is 6.54 Å². The molecule has 1 aliphatic rings. The van der Waals surface area contributed by atoms with Gasteiger partial charge < -0.3 is 9.90 Å². The van der Waals surface area contributed by atoms with Gasteiger partial charge in [0.1, 0.15) is 12.5 Å². The predicted molar refractivity (Wildman–Crippen MR) is 74.1 cm³/mol. The highest BCUT2D eigenvalue weighted by Gasteiger charge is 2.28. The molecule has 110 valence electrons. The second-order valence-corrected chi connectivity index (χ2v) is 6.34. The van der Waals surface area contributed by atoms with Crippen molar-refractivity contribution in [2.45, 2.75) is 23.8 Å². The van der Waals surface area contributed by atoms with Crippen LogP contribution in [0.15, 0.2) is 23.1 Å². The molecule has 1 aromatic carbocycles. The van der Waals surface area contributed by atoms with Gasteiger partial charge in [0.05, 0.1) is 10.5 Å². The van der Waals surface area contributed by atoms with E-state index in [-0.39, 0.29) is 4.90 Å². The molecule has 1 atom stereocenters. The third kappa shape index (κ3) is 3.29. The topological polar surface area (TPSA) is 103 Å². The maximum absolute atomic E-state index is 11.3. The molecule has 0 amide bonds. The number of carboxylic acid groups (broad SMARTS) is 1. The zero-order valence-corrected chi connectivity index (χ0v) is 12.0. The highest BCUT2D eigenvalue weighted by molar-refractivity contribution is 7.89. The summed E-state index contributed by atoms with van der Waals surface area (Å²) in [6, 6.07) is 3.46. The Labute approximate surface area is 123 Å². The van der Waals surface area contributed by atoms with E-state index < -0.39 is 22.0 Å². The summed E-state index contributed by atoms with van der Waals surface area (Å²) in [5.41, 5.74) is 0.906. The number of aliphatic carboxylic acids is 1. The first-order chi connectivity index (χ1) is 9.82. The summed E-state index contributed by atoms with van der Waals surface area (Å²) in [6.45, 7) is 0.583. The van der Waals surface area contributed by atoms with Gasteiger partial charge >= 0.3 is 0 Å². The maximum Gasteiger partial charge on any atom is 0.238 e. The average Bonchev–Trinajstić information content (AvgIpc) is 2.86. The molecular formula is C14H14N2O4S. The Kier molecular flexibility index (Phi) is 4.11. The SMILES string of the molecule is C#Cc1cc(S(N)(=O)=O)ccc1C=[N+]1CCC[C@H]1C(=O)[O-]. The van der Waals surface area contributed by atoms with Crippen LogP contribution in [-0.4, -0.2) is 37.8 Å². The Balaban J connectivity index is 2.46. The molecule has 1 fully saturated rings. The largest absolute Gasteiger partial charge is 0.543 e. The van der Waals surface area contributed by atoms with Gasteiger partial charge in [-0.1, -0.05) is 5.92 Å². The molecule has 2 rings (SSSR count). The fraction of sp³-hybridized carbons (Fsp3) is 0.286. The molecule has 7 heteroatoms. The monoisotopic (exact) mass is 306 g/mol. The van der Waals surface area contributed by atoms with Crippen molar-refractivity contribution >= 4 is 22.2 Å². The van der Waals surface area contributed by atoms with Gasteiger partial charge in [0.2, 0.25) is 10.0 Å². The number of hydrogen-bond donors (Lipinski definition) is 1. The van der Waals surface area contributed by atoms with E-state index in [2.05, 4.69) is 5.92 Å². The molecule has 0 saturated carbocycles. The van der Waals surface area contributed by atoms with E-state index in [4.69, 9.17) is 11.6 Å². The van der Waals surface area contributed by atoms with Crippen molar-refractivity contribution in [3.05, 3.63) is 29.3 Å². The minimum Gasteiger partial charge on any atom is -0.543 e. The van der Waals surface area contributed by atoms with E-state index in [1.54, 1.807) is 10.8 Å². The molecule has 1 saturated heterocycles. The highest BCUT2D eigenvalue weighted by atomic mass is 32.2. The molecule has 1 aliphatic heterocycles. The minimum atomic E-state index is -3.83. The first-order valence-corrected chi connectivity index (χ1v) is 7.82. The lowest BCUT2D eigenvalue weighted by Gasteiger charge is -2.09. The van der Waals surface area contributed by atoms with Crippen LogP contribution in [0.5, 0.6) is 0 Å². The van der Waals surface area contributed by atoms with Gasteiger partial charge in [-0.3, -0.25) is 0 Å². The molecule has 2 N–H and O–H groups in total. The van der Waals surface area contributed by atoms with Gasteiger partial charge in [-0.15, -0.1) is 6.42 Å². The van der Waals surface area contributed by atoms with Crippen LogP contribution in [0, 0.1) is 12.3 Å². The average molecular weight is 306 g/mol. The Morgan fingerprint density at radius 2 is 2.24 bits per heavy atom. The number of primary sulfonamides is 1. The summed E-state index contributed by atoms with van der Waals surface area (Å²) in [7, 11) is -3.83. The van der Waals surface area contributed by atoms with E-state index in [9.17, 15) is 18.3 Å². The maximum atomic E-state index is 11.3. The van der Waals surface area contributed by atoms with Crippen molar-refractivity contribution in [3.63, 3.8) is 0 Å². The molecule has 0 unspecified atom stereocenters. The summed E-state index contributed by atoms with van der Waals surface area (Å²) >= 11 is 0. The number of nitrogens with two attached hydrogens (primary N) is 1. The minimum absolute atomic E-state index is 0.0783. The number of carbonyl (C=O) groups is 1. The lowest BCUT2D eigenvalue weighted by molar-refractivity contribution is -0.539. The third-order valence-corrected chi connectivity index (χ3v) is 4.29. The Morgan fingerprint density at radius 3 is 2.81 bits per heavy atom. The number of nitrogens with zero attached hydrogens (tertiary/aromatic N) is 1. The Bertz CT molecular complexity index is 760. The van der Waals surface area contributed by atoms with Crippen LogP contribution in [0.2, 0.25) is 0 Å². The Hall–Kier alpha value is -2.17. The lowest BCUT2D eigenvalue weighted by atomic mass is 10.1. The highest BCUT2D eigenvalue weighted by Crippen LogP contribution is 2.16. The molecule has 1 aromatic rings. The number of benzene rings is 1. The van der Waals surface area contributed by atoms with E-state index in [1.807, 2.05) is 0 Å². The quantitative estimate of drug-likeness (QED) is 0.551. The first-order valence-electron chi connectivity index (χ1n) is 6.28. The molecule has 0 radical (unpaired) electrons. The second-order valence-electron chi connectivity index (χ2n) is 4.78. The molecule has 21 heavy (non-hydrogen) atoms. The molecule has 6 nitrogen and oxygen atoms in total. The fourth-order valence-electron chi connectivity index (χ4n) is 2.33. The van der Waals surface area contributed by atoms with Crippen LogP contribution in [0.3, 0.4) is 0 Å². The number of carbonyl (C=O) groups excluding carboxylic acids is 1. The molecule has 0 aromatic heterocycles. The van der Waals surface area contributed by atoms with E-state index >= 15 is 0 Å². The molecule has 0 bridgehead atoms. The van der Waals surface area contributed by atoms with Gasteiger partial charge in [-0.05, 0) is 18.2 Å². The normalized spacial score (nSPS) is 20.4. The first kappa shape index (κ1) is 15.2. The zero-order valence-electron chi connectivity index (χ0n) is 11.2. The van der Waals surface area contributed by atoms with Crippen LogP contribution in [0.1, 0.15) is 24.0 Å².